The van der Waals surface area contributed by atoms with Gasteiger partial charge in [-0.05, 0) is 37.5 Å². The van der Waals surface area contributed by atoms with Gasteiger partial charge in [0.05, 0.1) is 17.6 Å². The van der Waals surface area contributed by atoms with Crippen LogP contribution in [0.4, 0.5) is 5.69 Å². The Bertz CT molecular complexity index is 527. The van der Waals surface area contributed by atoms with Crippen LogP contribution in [0.25, 0.3) is 0 Å². The first kappa shape index (κ1) is 14.5. The van der Waals surface area contributed by atoms with Crippen molar-refractivity contribution in [2.24, 2.45) is 5.92 Å². The lowest BCUT2D eigenvalue weighted by Crippen LogP contribution is -2.29. The van der Waals surface area contributed by atoms with E-state index in [0.29, 0.717) is 18.7 Å². The van der Waals surface area contributed by atoms with Crippen molar-refractivity contribution < 1.29 is 19.4 Å². The highest BCUT2D eigenvalue weighted by Gasteiger charge is 2.32. The fourth-order valence-electron chi connectivity index (χ4n) is 2.47. The summed E-state index contributed by atoms with van der Waals surface area (Å²) in [5, 5.41) is 11.8. The van der Waals surface area contributed by atoms with Crippen molar-refractivity contribution in [3.63, 3.8) is 0 Å². The van der Waals surface area contributed by atoms with Gasteiger partial charge in [0.2, 0.25) is 5.91 Å². The molecule has 5 heteroatoms. The van der Waals surface area contributed by atoms with Gasteiger partial charge >= 0.3 is 5.97 Å². The summed E-state index contributed by atoms with van der Waals surface area (Å²) in [5.41, 5.74) is 1.56. The minimum absolute atomic E-state index is 0.0436. The monoisotopic (exact) mass is 277 g/mol. The average molecular weight is 277 g/mol. The number of benzene rings is 1. The van der Waals surface area contributed by atoms with Gasteiger partial charge in [-0.1, -0.05) is 13.0 Å². The van der Waals surface area contributed by atoms with Gasteiger partial charge in [0.25, 0.3) is 0 Å². The van der Waals surface area contributed by atoms with Crippen LogP contribution in [0.2, 0.25) is 0 Å². The highest BCUT2D eigenvalue weighted by atomic mass is 16.5. The number of aromatic carboxylic acids is 1. The van der Waals surface area contributed by atoms with Gasteiger partial charge in [0.1, 0.15) is 0 Å². The number of nitrogens with one attached hydrogen (secondary N) is 1. The molecule has 1 aromatic carbocycles. The Morgan fingerprint density at radius 1 is 1.45 bits per heavy atom. The molecule has 20 heavy (non-hydrogen) atoms. The first-order valence-corrected chi connectivity index (χ1v) is 6.79. The molecule has 2 unspecified atom stereocenters. The minimum Gasteiger partial charge on any atom is -0.478 e. The summed E-state index contributed by atoms with van der Waals surface area (Å²) < 4.78 is 5.51. The van der Waals surface area contributed by atoms with Crippen molar-refractivity contribution in [2.45, 2.75) is 32.8 Å². The highest BCUT2D eigenvalue weighted by Crippen LogP contribution is 2.26. The van der Waals surface area contributed by atoms with Crippen molar-refractivity contribution in [3.05, 3.63) is 29.3 Å². The summed E-state index contributed by atoms with van der Waals surface area (Å²) in [6, 6.07) is 4.72. The van der Waals surface area contributed by atoms with Crippen LogP contribution in [0.1, 0.15) is 35.7 Å². The standard InChI is InChI=1S/C15H19NO4/c1-3-13-11(6-7-20-13)14(17)16-12-8-10(15(18)19)5-4-9(12)2/h4-5,8,11,13H,3,6-7H2,1-2H3,(H,16,17)(H,18,19). The molecule has 1 aromatic rings. The summed E-state index contributed by atoms with van der Waals surface area (Å²) in [7, 11) is 0. The van der Waals surface area contributed by atoms with Crippen molar-refractivity contribution in [1.29, 1.82) is 0 Å². The minimum atomic E-state index is -1.00. The van der Waals surface area contributed by atoms with E-state index in [1.54, 1.807) is 6.07 Å². The highest BCUT2D eigenvalue weighted by molar-refractivity contribution is 5.96. The Morgan fingerprint density at radius 2 is 2.20 bits per heavy atom. The molecule has 2 rings (SSSR count). The number of hydrogen-bond donors (Lipinski definition) is 2. The van der Waals surface area contributed by atoms with Crippen LogP contribution in [-0.2, 0) is 9.53 Å². The smallest absolute Gasteiger partial charge is 0.335 e. The number of ether oxygens (including phenoxy) is 1. The molecule has 0 bridgehead atoms. The van der Waals surface area contributed by atoms with Gasteiger partial charge in [-0.25, -0.2) is 4.79 Å². The van der Waals surface area contributed by atoms with Crippen molar-refractivity contribution in [2.75, 3.05) is 11.9 Å². The van der Waals surface area contributed by atoms with Gasteiger partial charge in [-0.2, -0.15) is 0 Å². The van der Waals surface area contributed by atoms with E-state index < -0.39 is 5.97 Å². The number of carbonyl (C=O) groups excluding carboxylic acids is 1. The molecule has 0 radical (unpaired) electrons. The maximum atomic E-state index is 12.3. The van der Waals surface area contributed by atoms with E-state index in [1.165, 1.54) is 12.1 Å². The molecule has 2 N–H and O–H groups in total. The molecule has 2 atom stereocenters. The number of anilines is 1. The molecule has 1 heterocycles. The predicted octanol–water partition coefficient (Wildman–Crippen LogP) is 2.45. The zero-order valence-corrected chi connectivity index (χ0v) is 11.7. The molecule has 0 spiro atoms. The van der Waals surface area contributed by atoms with Gasteiger partial charge in [0.15, 0.2) is 0 Å². The summed E-state index contributed by atoms with van der Waals surface area (Å²) in [4.78, 5) is 23.3. The Labute approximate surface area is 117 Å². The first-order chi connectivity index (χ1) is 9.52. The van der Waals surface area contributed by atoms with E-state index >= 15 is 0 Å². The molecule has 1 aliphatic heterocycles. The largest absolute Gasteiger partial charge is 0.478 e. The molecule has 0 aliphatic carbocycles. The number of amides is 1. The Balaban J connectivity index is 2.15. The van der Waals surface area contributed by atoms with Crippen LogP contribution in [-0.4, -0.2) is 29.7 Å². The molecular formula is C15H19NO4. The van der Waals surface area contributed by atoms with Gasteiger partial charge in [0, 0.05) is 12.3 Å². The van der Waals surface area contributed by atoms with Gasteiger partial charge in [-0.3, -0.25) is 4.79 Å². The van der Waals surface area contributed by atoms with Crippen LogP contribution in [0.15, 0.2) is 18.2 Å². The molecule has 5 nitrogen and oxygen atoms in total. The van der Waals surface area contributed by atoms with E-state index in [2.05, 4.69) is 5.32 Å². The lowest BCUT2D eigenvalue weighted by Gasteiger charge is -2.17. The summed E-state index contributed by atoms with van der Waals surface area (Å²) in [6.45, 7) is 4.43. The lowest BCUT2D eigenvalue weighted by molar-refractivity contribution is -0.121. The lowest BCUT2D eigenvalue weighted by atomic mass is 9.98. The third-order valence-corrected chi connectivity index (χ3v) is 3.69. The number of carboxylic acids is 1. The van der Waals surface area contributed by atoms with Crippen LogP contribution >= 0.6 is 0 Å². The maximum Gasteiger partial charge on any atom is 0.335 e. The average Bonchev–Trinajstić information content (AvgIpc) is 2.89. The van der Waals surface area contributed by atoms with Gasteiger partial charge < -0.3 is 15.2 Å². The molecule has 1 aliphatic rings. The van der Waals surface area contributed by atoms with Crippen LogP contribution in [0, 0.1) is 12.8 Å². The quantitative estimate of drug-likeness (QED) is 0.886. The topological polar surface area (TPSA) is 75.6 Å². The number of aryl methyl sites for hydroxylation is 1. The zero-order valence-electron chi connectivity index (χ0n) is 11.7. The molecule has 0 aromatic heterocycles. The summed E-state index contributed by atoms with van der Waals surface area (Å²) >= 11 is 0. The van der Waals surface area contributed by atoms with Crippen LogP contribution in [0.3, 0.4) is 0 Å². The van der Waals surface area contributed by atoms with Crippen molar-refractivity contribution >= 4 is 17.6 Å². The first-order valence-electron chi connectivity index (χ1n) is 6.79. The number of hydrogen-bond acceptors (Lipinski definition) is 3. The Morgan fingerprint density at radius 3 is 2.85 bits per heavy atom. The second kappa shape index (κ2) is 6.05. The molecule has 1 saturated heterocycles. The summed E-state index contributed by atoms with van der Waals surface area (Å²) in [5.74, 6) is -1.26. The van der Waals surface area contributed by atoms with Crippen molar-refractivity contribution in [1.82, 2.24) is 0 Å². The van der Waals surface area contributed by atoms with E-state index in [9.17, 15) is 9.59 Å². The second-order valence-corrected chi connectivity index (χ2v) is 5.04. The maximum absolute atomic E-state index is 12.3. The third-order valence-electron chi connectivity index (χ3n) is 3.69. The fourth-order valence-corrected chi connectivity index (χ4v) is 2.47. The van der Waals surface area contributed by atoms with Gasteiger partial charge in [-0.15, -0.1) is 0 Å². The van der Waals surface area contributed by atoms with E-state index in [4.69, 9.17) is 9.84 Å². The number of carbonyl (C=O) groups is 2. The normalized spacial score (nSPS) is 21.7. The van der Waals surface area contributed by atoms with E-state index in [0.717, 1.165) is 12.0 Å². The molecule has 1 fully saturated rings. The second-order valence-electron chi connectivity index (χ2n) is 5.04. The number of carboxylic acid groups (broad SMARTS) is 1. The molecule has 1 amide bonds. The predicted molar refractivity (Wildman–Crippen MR) is 74.9 cm³/mol. The fraction of sp³-hybridized carbons (Fsp3) is 0.467. The number of rotatable bonds is 4. The molecular weight excluding hydrogens is 258 g/mol. The summed E-state index contributed by atoms with van der Waals surface area (Å²) in [6.07, 6.45) is 1.46. The Hall–Kier alpha value is -1.88. The molecule has 0 saturated carbocycles. The Kier molecular flexibility index (Phi) is 4.39. The van der Waals surface area contributed by atoms with E-state index in [1.807, 2.05) is 13.8 Å². The van der Waals surface area contributed by atoms with Crippen LogP contribution < -0.4 is 5.32 Å². The van der Waals surface area contributed by atoms with Crippen molar-refractivity contribution in [3.8, 4) is 0 Å². The zero-order chi connectivity index (χ0) is 14.7. The third kappa shape index (κ3) is 2.99. The SMILES string of the molecule is CCC1OCCC1C(=O)Nc1cc(C(=O)O)ccc1C. The van der Waals surface area contributed by atoms with Crippen LogP contribution in [0.5, 0.6) is 0 Å². The van der Waals surface area contributed by atoms with E-state index in [-0.39, 0.29) is 23.5 Å². The molecule has 108 valence electrons.